The number of fused-ring (bicyclic) bond motifs is 3. The molecule has 0 spiro atoms. The highest BCUT2D eigenvalue weighted by Gasteiger charge is 2.22. The van der Waals surface area contributed by atoms with Crippen LogP contribution in [0, 0.1) is 26.7 Å². The number of amides is 3. The molecule has 0 bridgehead atoms. The van der Waals surface area contributed by atoms with Gasteiger partial charge in [0.05, 0.1) is 88.4 Å². The van der Waals surface area contributed by atoms with E-state index in [9.17, 15) is 14.4 Å². The predicted octanol–water partition coefficient (Wildman–Crippen LogP) is 10.3. The molecule has 104 heavy (non-hydrogen) atoms. The molecule has 0 radical (unpaired) electrons. The minimum absolute atomic E-state index is 0.0106. The molecule has 3 amide bonds. The van der Waals surface area contributed by atoms with Gasteiger partial charge in [-0.2, -0.15) is 28.4 Å². The molecule has 3 aliphatic heterocycles. The molecule has 5 N–H and O–H groups in total. The minimum atomic E-state index is -0.0986. The average Bonchev–Trinajstić information content (AvgIpc) is 1.63. The highest BCUT2D eigenvalue weighted by Crippen LogP contribution is 2.33. The number of nitrogens with one attached hydrogen (secondary N) is 5. The molecule has 12 aromatic heterocycles. The summed E-state index contributed by atoms with van der Waals surface area (Å²) in [5.74, 6) is 2.48. The molecule has 33 heteroatoms. The largest absolute Gasteiger partial charge is 0.358 e. The smallest absolute Gasteiger partial charge is 0.243 e. The van der Waals surface area contributed by atoms with Crippen molar-refractivity contribution < 1.29 is 14.4 Å². The van der Waals surface area contributed by atoms with Gasteiger partial charge in [-0.05, 0) is 164 Å². The number of aryl methyl sites for hydroxylation is 3. The first-order chi connectivity index (χ1) is 50.5. The number of likely N-dealkylation sites (tertiary alicyclic amines) is 3. The Morgan fingerprint density at radius 2 is 0.817 bits per heavy atom. The Kier molecular flexibility index (Phi) is 23.4. The molecule has 15 heterocycles. The second-order valence-corrected chi connectivity index (χ2v) is 29.8. The summed E-state index contributed by atoms with van der Waals surface area (Å²) >= 11 is 4.34. The van der Waals surface area contributed by atoms with E-state index in [1.807, 2.05) is 83.5 Å². The molecular weight excluding hydrogens is 1380 g/mol. The van der Waals surface area contributed by atoms with Crippen molar-refractivity contribution in [1.29, 1.82) is 0 Å². The van der Waals surface area contributed by atoms with Crippen LogP contribution >= 0.6 is 34.6 Å². The average molecular weight is 1470 g/mol. The third kappa shape index (κ3) is 18.5. The van der Waals surface area contributed by atoms with Gasteiger partial charge < -0.3 is 31.5 Å². The van der Waals surface area contributed by atoms with Crippen molar-refractivity contribution in [1.82, 2.24) is 116 Å². The summed E-state index contributed by atoms with van der Waals surface area (Å²) in [6.07, 6.45) is 34.7. The maximum absolute atomic E-state index is 12.3. The van der Waals surface area contributed by atoms with Gasteiger partial charge in [0.25, 0.3) is 0 Å². The Morgan fingerprint density at radius 1 is 0.471 bits per heavy atom. The Bertz CT molecular complexity index is 4870. The van der Waals surface area contributed by atoms with Crippen LogP contribution in [-0.4, -0.2) is 190 Å². The van der Waals surface area contributed by atoms with Crippen LogP contribution in [0.5, 0.6) is 0 Å². The van der Waals surface area contributed by atoms with Gasteiger partial charge in [-0.3, -0.25) is 56.3 Å². The zero-order valence-electron chi connectivity index (χ0n) is 60.3. The second kappa shape index (κ2) is 33.7. The quantitative estimate of drug-likeness (QED) is 0.0375. The van der Waals surface area contributed by atoms with E-state index in [0.29, 0.717) is 29.9 Å². The van der Waals surface area contributed by atoms with E-state index in [2.05, 4.69) is 122 Å². The molecule has 0 aromatic carbocycles. The first-order valence-corrected chi connectivity index (χ1v) is 38.0. The monoisotopic (exact) mass is 1470 g/mol. The van der Waals surface area contributed by atoms with Gasteiger partial charge in [0.2, 0.25) is 17.7 Å². The van der Waals surface area contributed by atoms with Gasteiger partial charge in [0.15, 0.2) is 34.4 Å². The Morgan fingerprint density at radius 3 is 1.15 bits per heavy atom. The molecule has 3 saturated heterocycles. The number of imidazole rings is 3. The third-order valence-corrected chi connectivity index (χ3v) is 20.5. The molecule has 0 aliphatic carbocycles. The maximum Gasteiger partial charge on any atom is 0.243 e. The molecule has 0 saturated carbocycles. The van der Waals surface area contributed by atoms with Crippen LogP contribution in [0.2, 0.25) is 0 Å². The Labute approximate surface area is 615 Å². The van der Waals surface area contributed by atoms with E-state index >= 15 is 0 Å². The summed E-state index contributed by atoms with van der Waals surface area (Å²) in [7, 11) is 5.09. The molecule has 15 rings (SSSR count). The van der Waals surface area contributed by atoms with Crippen LogP contribution in [0.15, 0.2) is 92.6 Å². The number of anilines is 6. The summed E-state index contributed by atoms with van der Waals surface area (Å²) in [6, 6.07) is 6.32. The number of hydrogen-bond acceptors (Lipinski definition) is 24. The van der Waals surface area contributed by atoms with Crippen LogP contribution in [0.3, 0.4) is 0 Å². The van der Waals surface area contributed by atoms with Crippen molar-refractivity contribution in [3.8, 4) is 33.8 Å². The van der Waals surface area contributed by atoms with E-state index in [1.165, 1.54) is 92.4 Å². The van der Waals surface area contributed by atoms with Crippen LogP contribution in [0.1, 0.15) is 112 Å². The van der Waals surface area contributed by atoms with E-state index in [1.54, 1.807) is 64.9 Å². The molecule has 0 atom stereocenters. The number of carbonyl (C=O) groups is 3. The molecular formula is C71H91N27O3S3. The SMILES string of the molecule is CNC(=O)Cn1cc(-c2cnc3c(Nc4cc(CN5CCCCC5)ns4)nc(C)cn23)cn1.Cc1cn2c(-c3cnn(CC(=O)N(C)C)c3)cnc2c(Nc2cc(CN3CCCCC3)ns2)n1.Cc1cn2c(-c3cnn(CC(=O)NCCC(C)C)c3)cnc2c(Nc2cc(CN3CCCCC3)ns2)n1. The van der Waals surface area contributed by atoms with Gasteiger partial charge in [-0.25, -0.2) is 29.9 Å². The maximum atomic E-state index is 12.3. The van der Waals surface area contributed by atoms with Gasteiger partial charge in [0, 0.05) is 101 Å². The van der Waals surface area contributed by atoms with Gasteiger partial charge >= 0.3 is 0 Å². The van der Waals surface area contributed by atoms with Crippen molar-refractivity contribution in [3.05, 3.63) is 127 Å². The number of carbonyl (C=O) groups excluding carboxylic acids is 3. The lowest BCUT2D eigenvalue weighted by Crippen LogP contribution is -2.29. The van der Waals surface area contributed by atoms with Crippen LogP contribution in [-0.2, 0) is 53.7 Å². The topological polar surface area (TPSA) is 307 Å². The highest BCUT2D eigenvalue weighted by atomic mass is 32.1. The lowest BCUT2D eigenvalue weighted by atomic mass is 10.1. The van der Waals surface area contributed by atoms with Crippen LogP contribution in [0.4, 0.5) is 32.5 Å². The molecule has 30 nitrogen and oxygen atoms in total. The fourth-order valence-electron chi connectivity index (χ4n) is 12.9. The van der Waals surface area contributed by atoms with Crippen molar-refractivity contribution in [2.75, 3.05) is 82.9 Å². The summed E-state index contributed by atoms with van der Waals surface area (Å²) < 4.78 is 24.9. The molecule has 12 aromatic rings. The van der Waals surface area contributed by atoms with Gasteiger partial charge in [-0.15, -0.1) is 0 Å². The highest BCUT2D eigenvalue weighted by molar-refractivity contribution is 7.10. The van der Waals surface area contributed by atoms with E-state index in [-0.39, 0.29) is 37.4 Å². The first-order valence-electron chi connectivity index (χ1n) is 35.6. The van der Waals surface area contributed by atoms with Crippen molar-refractivity contribution in [3.63, 3.8) is 0 Å². The summed E-state index contributed by atoms with van der Waals surface area (Å²) in [5, 5.41) is 31.8. The van der Waals surface area contributed by atoms with Crippen molar-refractivity contribution in [2.24, 2.45) is 5.92 Å². The number of likely N-dealkylation sites (N-methyl/N-ethyl adjacent to an activating group) is 2. The summed E-state index contributed by atoms with van der Waals surface area (Å²) in [4.78, 5) is 72.9. The minimum Gasteiger partial charge on any atom is -0.358 e. The third-order valence-electron chi connectivity index (χ3n) is 18.3. The zero-order chi connectivity index (χ0) is 72.2. The summed E-state index contributed by atoms with van der Waals surface area (Å²) in [6.45, 7) is 21.0. The van der Waals surface area contributed by atoms with E-state index in [4.69, 9.17) is 9.97 Å². The lowest BCUT2D eigenvalue weighted by molar-refractivity contribution is -0.129. The molecule has 3 aliphatic rings. The fourth-order valence-corrected chi connectivity index (χ4v) is 14.9. The second-order valence-electron chi connectivity index (χ2n) is 27.4. The van der Waals surface area contributed by atoms with E-state index < -0.39 is 0 Å². The Balaban J connectivity index is 0.000000139. The lowest BCUT2D eigenvalue weighted by Gasteiger charge is -2.25. The predicted molar refractivity (Wildman–Crippen MR) is 406 cm³/mol. The van der Waals surface area contributed by atoms with Crippen LogP contribution in [0.25, 0.3) is 50.7 Å². The normalized spacial score (nSPS) is 14.5. The number of rotatable bonds is 24. The number of aromatic nitrogens is 18. The van der Waals surface area contributed by atoms with Gasteiger partial charge in [0.1, 0.15) is 34.6 Å². The number of nitrogens with zero attached hydrogens (tertiary/aromatic N) is 22. The van der Waals surface area contributed by atoms with Crippen LogP contribution < -0.4 is 26.6 Å². The Hall–Kier alpha value is -9.93. The van der Waals surface area contributed by atoms with Crippen molar-refractivity contribution >= 4 is 102 Å². The fraction of sp³-hybridized carbons (Fsp3) is 0.451. The zero-order valence-corrected chi connectivity index (χ0v) is 62.7. The number of hydrogen-bond donors (Lipinski definition) is 5. The summed E-state index contributed by atoms with van der Waals surface area (Å²) in [5.41, 5.74) is 13.3. The molecule has 0 unspecified atom stereocenters. The standard InChI is InChI=1S/C26H35N9OS.C23H29N9OS.C22H27N9OS/c1-18(2)7-8-27-23(36)17-34-15-20(12-29-34)22-13-28-26-25(30-19(3)14-35(22)26)31-24-11-21(32-37-24)16-33-9-5-4-6-10-33;1-16-12-32-19(17-10-25-31(13-17)15-21(33)29(2)3)11-24-23(32)22(26-16)27-20-9-18(28-34-20)14-30-7-5-4-6-8-30;1-15-11-31-18(16-9-25-30(12-16)14-19(32)23-2)10-24-22(31)21(26-15)27-20-8-17(28-33-20)13-29-6-4-3-5-7-29/h11-15,18H,4-10,16-17H2,1-3H3,(H,27,36)(H,30,31);9-13H,4-8,14-15H2,1-3H3,(H,26,27);8-12H,3-7,13-14H2,1-2H3,(H,23,32)(H,26,27). The van der Waals surface area contributed by atoms with E-state index in [0.717, 1.165) is 165 Å². The number of piperidine rings is 3. The first kappa shape index (κ1) is 72.4. The van der Waals surface area contributed by atoms with Gasteiger partial charge in [-0.1, -0.05) is 33.1 Å². The molecule has 3 fully saturated rings. The van der Waals surface area contributed by atoms with Crippen molar-refractivity contribution in [2.45, 2.75) is 138 Å². The molecule has 546 valence electrons.